The number of alkyl carbamates (subject to hydrolysis) is 1. The molecule has 0 bridgehead atoms. The van der Waals surface area contributed by atoms with Gasteiger partial charge in [0.15, 0.2) is 6.61 Å². The van der Waals surface area contributed by atoms with Crippen molar-refractivity contribution in [2.45, 2.75) is 64.0 Å². The lowest BCUT2D eigenvalue weighted by Gasteiger charge is -2.33. The average Bonchev–Trinajstić information content (AvgIpc) is 2.88. The summed E-state index contributed by atoms with van der Waals surface area (Å²) in [5.41, 5.74) is 1.19. The van der Waals surface area contributed by atoms with Gasteiger partial charge in [-0.25, -0.2) is 4.79 Å². The van der Waals surface area contributed by atoms with Crippen molar-refractivity contribution in [3.63, 3.8) is 0 Å². The van der Waals surface area contributed by atoms with E-state index in [0.29, 0.717) is 25.9 Å². The van der Waals surface area contributed by atoms with E-state index in [1.807, 2.05) is 52.0 Å². The van der Waals surface area contributed by atoms with Crippen molar-refractivity contribution >= 4 is 24.4 Å². The number of halogens is 3. The highest BCUT2D eigenvalue weighted by molar-refractivity contribution is 6.62. The molecule has 1 aromatic carbocycles. The third kappa shape index (κ3) is 5.40. The van der Waals surface area contributed by atoms with Crippen molar-refractivity contribution in [3.8, 4) is 0 Å². The number of nitrogens with one attached hydrogen (secondary N) is 1. The van der Waals surface area contributed by atoms with Crippen molar-refractivity contribution in [3.05, 3.63) is 24.3 Å². The molecule has 0 atom stereocenters. The molecule has 0 aromatic heterocycles. The molecule has 6 nitrogen and oxygen atoms in total. The molecular formula is C20H28BF3N2O4. The molecule has 2 saturated heterocycles. The number of rotatable bonds is 4. The standard InChI is InChI=1S/C20H28BF3N2O4/c1-18(2)19(3,4)30-21(29-18)14-5-7-16(8-6-14)26-11-9-15(10-12-26)25-17(27)28-13-20(22,23)24/h5-8,15H,9-13H2,1-4H3,(H,25,27). The van der Waals surface area contributed by atoms with Gasteiger partial charge in [0, 0.05) is 24.8 Å². The summed E-state index contributed by atoms with van der Waals surface area (Å²) in [5.74, 6) is 0. The number of anilines is 1. The van der Waals surface area contributed by atoms with Crippen LogP contribution in [0.5, 0.6) is 0 Å². The molecule has 1 amide bonds. The van der Waals surface area contributed by atoms with Gasteiger partial charge in [0.2, 0.25) is 0 Å². The van der Waals surface area contributed by atoms with Crippen LogP contribution >= 0.6 is 0 Å². The van der Waals surface area contributed by atoms with Crippen LogP contribution in [0, 0.1) is 0 Å². The van der Waals surface area contributed by atoms with E-state index in [1.54, 1.807) is 0 Å². The van der Waals surface area contributed by atoms with E-state index in [4.69, 9.17) is 9.31 Å². The van der Waals surface area contributed by atoms with Gasteiger partial charge in [-0.3, -0.25) is 0 Å². The van der Waals surface area contributed by atoms with Gasteiger partial charge < -0.3 is 24.3 Å². The first-order valence-corrected chi connectivity index (χ1v) is 10.1. The lowest BCUT2D eigenvalue weighted by Crippen LogP contribution is -2.45. The average molecular weight is 428 g/mol. The second kappa shape index (κ2) is 8.30. The minimum atomic E-state index is -4.52. The summed E-state index contributed by atoms with van der Waals surface area (Å²) < 4.78 is 52.7. The molecule has 2 heterocycles. The molecule has 0 spiro atoms. The Labute approximate surface area is 175 Å². The second-order valence-electron chi connectivity index (χ2n) is 8.78. The van der Waals surface area contributed by atoms with Crippen molar-refractivity contribution in [2.24, 2.45) is 0 Å². The van der Waals surface area contributed by atoms with Gasteiger partial charge in [-0.1, -0.05) is 12.1 Å². The topological polar surface area (TPSA) is 60.0 Å². The Morgan fingerprint density at radius 1 is 1.13 bits per heavy atom. The van der Waals surface area contributed by atoms with E-state index in [0.717, 1.165) is 11.2 Å². The Morgan fingerprint density at radius 2 is 1.67 bits per heavy atom. The highest BCUT2D eigenvalue weighted by Gasteiger charge is 2.51. The fourth-order valence-electron chi connectivity index (χ4n) is 3.46. The van der Waals surface area contributed by atoms with Crippen LogP contribution in [0.15, 0.2) is 24.3 Å². The monoisotopic (exact) mass is 428 g/mol. The number of benzene rings is 1. The lowest BCUT2D eigenvalue weighted by atomic mass is 9.79. The SMILES string of the molecule is CC1(C)OB(c2ccc(N3CCC(NC(=O)OCC(F)(F)F)CC3)cc2)OC1(C)C. The molecule has 2 aliphatic rings. The normalized spacial score (nSPS) is 21.6. The molecule has 2 fully saturated rings. The first-order chi connectivity index (χ1) is 13.9. The smallest absolute Gasteiger partial charge is 0.440 e. The third-order valence-corrected chi connectivity index (χ3v) is 5.97. The second-order valence-corrected chi connectivity index (χ2v) is 8.78. The van der Waals surface area contributed by atoms with Crippen LogP contribution in [0.25, 0.3) is 0 Å². The van der Waals surface area contributed by atoms with E-state index in [2.05, 4.69) is 15.0 Å². The zero-order valence-corrected chi connectivity index (χ0v) is 17.7. The number of ether oxygens (including phenoxy) is 1. The van der Waals surface area contributed by atoms with Crippen LogP contribution in [0.3, 0.4) is 0 Å². The number of carbonyl (C=O) groups excluding carboxylic acids is 1. The summed E-state index contributed by atoms with van der Waals surface area (Å²) in [5, 5.41) is 2.50. The van der Waals surface area contributed by atoms with Gasteiger partial charge in [-0.05, 0) is 58.1 Å². The quantitative estimate of drug-likeness (QED) is 0.747. The Balaban J connectivity index is 1.49. The first kappa shape index (κ1) is 22.7. The molecule has 0 aliphatic carbocycles. The molecule has 0 saturated carbocycles. The number of hydrogen-bond donors (Lipinski definition) is 1. The Hall–Kier alpha value is -1.94. The highest BCUT2D eigenvalue weighted by atomic mass is 19.4. The largest absolute Gasteiger partial charge is 0.494 e. The Bertz CT molecular complexity index is 731. The molecule has 0 unspecified atom stereocenters. The molecule has 2 aliphatic heterocycles. The van der Waals surface area contributed by atoms with Crippen molar-refractivity contribution < 1.29 is 32.0 Å². The van der Waals surface area contributed by atoms with Gasteiger partial charge in [-0.15, -0.1) is 0 Å². The van der Waals surface area contributed by atoms with Crippen LogP contribution in [0.4, 0.5) is 23.7 Å². The summed E-state index contributed by atoms with van der Waals surface area (Å²) in [6, 6.07) is 7.77. The first-order valence-electron chi connectivity index (χ1n) is 10.1. The number of carbonyl (C=O) groups is 1. The maximum atomic E-state index is 12.1. The van der Waals surface area contributed by atoms with E-state index in [9.17, 15) is 18.0 Å². The Kier molecular flexibility index (Phi) is 6.29. The molecule has 30 heavy (non-hydrogen) atoms. The Morgan fingerprint density at radius 3 is 2.17 bits per heavy atom. The zero-order valence-electron chi connectivity index (χ0n) is 17.7. The number of amides is 1. The van der Waals surface area contributed by atoms with E-state index in [-0.39, 0.29) is 6.04 Å². The van der Waals surface area contributed by atoms with Crippen molar-refractivity contribution in [1.29, 1.82) is 0 Å². The van der Waals surface area contributed by atoms with Gasteiger partial charge in [0.1, 0.15) is 0 Å². The maximum Gasteiger partial charge on any atom is 0.494 e. The van der Waals surface area contributed by atoms with Crippen LogP contribution in [0.2, 0.25) is 0 Å². The van der Waals surface area contributed by atoms with Gasteiger partial charge in [-0.2, -0.15) is 13.2 Å². The van der Waals surface area contributed by atoms with Crippen LogP contribution in [-0.4, -0.2) is 56.3 Å². The van der Waals surface area contributed by atoms with Crippen molar-refractivity contribution in [2.75, 3.05) is 24.6 Å². The zero-order chi connectivity index (χ0) is 22.2. The van der Waals surface area contributed by atoms with Crippen molar-refractivity contribution in [1.82, 2.24) is 5.32 Å². The lowest BCUT2D eigenvalue weighted by molar-refractivity contribution is -0.160. The fraction of sp³-hybridized carbons (Fsp3) is 0.650. The minimum absolute atomic E-state index is 0.203. The molecule has 166 valence electrons. The molecule has 3 rings (SSSR count). The van der Waals surface area contributed by atoms with Crippen LogP contribution < -0.4 is 15.7 Å². The van der Waals surface area contributed by atoms with Gasteiger partial charge >= 0.3 is 19.4 Å². The fourth-order valence-corrected chi connectivity index (χ4v) is 3.46. The van der Waals surface area contributed by atoms with Gasteiger partial charge in [0.05, 0.1) is 11.2 Å². The molecule has 1 aromatic rings. The summed E-state index contributed by atoms with van der Waals surface area (Å²) in [4.78, 5) is 13.7. The van der Waals surface area contributed by atoms with E-state index >= 15 is 0 Å². The number of alkyl halides is 3. The summed E-state index contributed by atoms with van der Waals surface area (Å²) in [7, 11) is -0.415. The minimum Gasteiger partial charge on any atom is -0.440 e. The number of hydrogen-bond acceptors (Lipinski definition) is 5. The third-order valence-electron chi connectivity index (χ3n) is 5.97. The number of nitrogens with zero attached hydrogens (tertiary/aromatic N) is 1. The maximum absolute atomic E-state index is 12.1. The number of piperidine rings is 1. The predicted molar refractivity (Wildman–Crippen MR) is 108 cm³/mol. The van der Waals surface area contributed by atoms with E-state index in [1.165, 1.54) is 0 Å². The van der Waals surface area contributed by atoms with E-state index < -0.39 is 37.2 Å². The molecule has 0 radical (unpaired) electrons. The summed E-state index contributed by atoms with van der Waals surface area (Å²) >= 11 is 0. The highest BCUT2D eigenvalue weighted by Crippen LogP contribution is 2.36. The van der Waals surface area contributed by atoms with Crippen LogP contribution in [-0.2, 0) is 14.0 Å². The summed E-state index contributed by atoms with van der Waals surface area (Å²) in [6.07, 6.45) is -4.30. The molecular weight excluding hydrogens is 400 g/mol. The molecule has 1 N–H and O–H groups in total. The molecule has 10 heteroatoms. The summed E-state index contributed by atoms with van der Waals surface area (Å²) in [6.45, 7) is 7.83. The van der Waals surface area contributed by atoms with Crippen LogP contribution in [0.1, 0.15) is 40.5 Å². The predicted octanol–water partition coefficient (Wildman–Crippen LogP) is 3.24. The van der Waals surface area contributed by atoms with Gasteiger partial charge in [0.25, 0.3) is 0 Å².